The molecule has 2 aliphatic heterocycles. The number of nitrogens with two attached hydrogens (primary N) is 1. The van der Waals surface area contributed by atoms with Gasteiger partial charge in [0, 0.05) is 65.2 Å². The Bertz CT molecular complexity index is 560. The van der Waals surface area contributed by atoms with Gasteiger partial charge in [-0.25, -0.2) is 0 Å². The highest BCUT2D eigenvalue weighted by Crippen LogP contribution is 2.22. The van der Waals surface area contributed by atoms with Gasteiger partial charge in [0.2, 0.25) is 5.91 Å². The average molecular weight is 400 g/mol. The van der Waals surface area contributed by atoms with Gasteiger partial charge in [-0.15, -0.1) is 0 Å². The van der Waals surface area contributed by atoms with Crippen LogP contribution in [0, 0.1) is 11.8 Å². The lowest BCUT2D eigenvalue weighted by atomic mass is 10.1. The van der Waals surface area contributed by atoms with Crippen LogP contribution in [0.2, 0.25) is 0 Å². The van der Waals surface area contributed by atoms with Crippen LogP contribution in [0.15, 0.2) is 0 Å². The summed E-state index contributed by atoms with van der Waals surface area (Å²) in [6, 6.07) is 0. The van der Waals surface area contributed by atoms with Crippen molar-refractivity contribution < 1.29 is 29.0 Å². The summed E-state index contributed by atoms with van der Waals surface area (Å²) in [6.45, 7) is 4.38. The van der Waals surface area contributed by atoms with Crippen LogP contribution in [0.5, 0.6) is 0 Å². The zero-order chi connectivity index (χ0) is 20.7. The molecule has 0 radical (unpaired) electrons. The van der Waals surface area contributed by atoms with E-state index in [1.165, 1.54) is 14.2 Å². The first-order valence-corrected chi connectivity index (χ1v) is 9.67. The van der Waals surface area contributed by atoms with E-state index in [0.29, 0.717) is 58.8 Å². The fourth-order valence-electron chi connectivity index (χ4n) is 3.82. The maximum Gasteiger partial charge on any atom is 0.310 e. The number of aliphatic hydroxyl groups excluding tert-OH is 1. The number of hydrogen-bond donors (Lipinski definition) is 2. The number of amides is 1. The standard InChI is InChI=1S/C18H32N4O6/c1-27-17(25)13-9-15(23)21(11-13)7-5-20(4-3-19)6-8-22-12-14(10-16(22)24)18(26)28-2/h13-15,23H,3-12,19H2,1-2H3. The molecular weight excluding hydrogens is 368 g/mol. The third kappa shape index (κ3) is 5.87. The van der Waals surface area contributed by atoms with Gasteiger partial charge >= 0.3 is 11.9 Å². The van der Waals surface area contributed by atoms with E-state index in [1.807, 2.05) is 4.90 Å². The van der Waals surface area contributed by atoms with Crippen molar-refractivity contribution >= 4 is 17.8 Å². The molecule has 160 valence electrons. The Balaban J connectivity index is 1.79. The minimum absolute atomic E-state index is 0.0426. The van der Waals surface area contributed by atoms with Gasteiger partial charge in [0.1, 0.15) is 6.23 Å². The molecular formula is C18H32N4O6. The lowest BCUT2D eigenvalue weighted by Gasteiger charge is -2.28. The van der Waals surface area contributed by atoms with Gasteiger partial charge in [0.25, 0.3) is 0 Å². The van der Waals surface area contributed by atoms with Crippen molar-refractivity contribution in [1.82, 2.24) is 14.7 Å². The Labute approximate surface area is 165 Å². The largest absolute Gasteiger partial charge is 0.469 e. The summed E-state index contributed by atoms with van der Waals surface area (Å²) >= 11 is 0. The summed E-state index contributed by atoms with van der Waals surface area (Å²) in [6.07, 6.45) is -0.0936. The SMILES string of the molecule is COC(=O)C1CC(=O)N(CCN(CCN)CCN2CC(C(=O)OC)CC2O)C1. The van der Waals surface area contributed by atoms with Gasteiger partial charge in [0.15, 0.2) is 0 Å². The van der Waals surface area contributed by atoms with Crippen LogP contribution < -0.4 is 5.73 Å². The van der Waals surface area contributed by atoms with Crippen LogP contribution in [-0.2, 0) is 23.9 Å². The predicted octanol–water partition coefficient (Wildman–Crippen LogP) is -1.92. The van der Waals surface area contributed by atoms with Crippen molar-refractivity contribution in [3.8, 4) is 0 Å². The van der Waals surface area contributed by atoms with E-state index in [9.17, 15) is 19.5 Å². The van der Waals surface area contributed by atoms with E-state index in [0.717, 1.165) is 0 Å². The van der Waals surface area contributed by atoms with Gasteiger partial charge in [-0.3, -0.25) is 24.2 Å². The fraction of sp³-hybridized carbons (Fsp3) is 0.833. The number of carbonyl (C=O) groups excluding carboxylic acids is 3. The van der Waals surface area contributed by atoms with Crippen molar-refractivity contribution in [3.05, 3.63) is 0 Å². The summed E-state index contributed by atoms with van der Waals surface area (Å²) in [5, 5.41) is 10.2. The van der Waals surface area contributed by atoms with E-state index in [4.69, 9.17) is 15.2 Å². The molecule has 2 saturated heterocycles. The number of nitrogens with zero attached hydrogens (tertiary/aromatic N) is 3. The van der Waals surface area contributed by atoms with E-state index < -0.39 is 12.1 Å². The molecule has 1 amide bonds. The first-order chi connectivity index (χ1) is 13.4. The maximum atomic E-state index is 12.1. The minimum Gasteiger partial charge on any atom is -0.469 e. The van der Waals surface area contributed by atoms with E-state index in [-0.39, 0.29) is 30.2 Å². The van der Waals surface area contributed by atoms with Crippen LogP contribution >= 0.6 is 0 Å². The minimum atomic E-state index is -0.662. The topological polar surface area (TPSA) is 126 Å². The third-order valence-electron chi connectivity index (χ3n) is 5.49. The number of ether oxygens (including phenoxy) is 2. The number of rotatable bonds is 10. The number of carbonyl (C=O) groups is 3. The molecule has 0 aromatic carbocycles. The second-order valence-electron chi connectivity index (χ2n) is 7.33. The van der Waals surface area contributed by atoms with E-state index >= 15 is 0 Å². The van der Waals surface area contributed by atoms with Crippen LogP contribution in [-0.4, -0.2) is 110 Å². The molecule has 10 nitrogen and oxygen atoms in total. The molecule has 10 heteroatoms. The molecule has 2 fully saturated rings. The number of hydrogen-bond acceptors (Lipinski definition) is 9. The third-order valence-corrected chi connectivity index (χ3v) is 5.49. The monoisotopic (exact) mass is 400 g/mol. The van der Waals surface area contributed by atoms with Crippen molar-refractivity contribution in [2.75, 3.05) is 66.6 Å². The van der Waals surface area contributed by atoms with Crippen LogP contribution in [0.1, 0.15) is 12.8 Å². The summed E-state index contributed by atoms with van der Waals surface area (Å²) in [4.78, 5) is 41.1. The zero-order valence-corrected chi connectivity index (χ0v) is 16.7. The number of likely N-dealkylation sites (tertiary alicyclic amines) is 2. The van der Waals surface area contributed by atoms with Crippen molar-refractivity contribution in [1.29, 1.82) is 0 Å². The normalized spacial score (nSPS) is 25.5. The van der Waals surface area contributed by atoms with Crippen LogP contribution in [0.4, 0.5) is 0 Å². The molecule has 2 heterocycles. The van der Waals surface area contributed by atoms with E-state index in [2.05, 4.69) is 4.90 Å². The highest BCUT2D eigenvalue weighted by molar-refractivity contribution is 5.86. The Morgan fingerprint density at radius 2 is 1.75 bits per heavy atom. The first kappa shape index (κ1) is 22.5. The molecule has 2 aliphatic rings. The van der Waals surface area contributed by atoms with Crippen LogP contribution in [0.25, 0.3) is 0 Å². The summed E-state index contributed by atoms with van der Waals surface area (Å²) < 4.78 is 9.49. The highest BCUT2D eigenvalue weighted by atomic mass is 16.5. The Hall–Kier alpha value is -1.75. The molecule has 0 spiro atoms. The molecule has 0 aliphatic carbocycles. The summed E-state index contributed by atoms with van der Waals surface area (Å²) in [5.41, 5.74) is 5.70. The van der Waals surface area contributed by atoms with Gasteiger partial charge in [-0.1, -0.05) is 0 Å². The number of aliphatic hydroxyl groups is 1. The zero-order valence-electron chi connectivity index (χ0n) is 16.7. The average Bonchev–Trinajstić information content (AvgIpc) is 3.25. The van der Waals surface area contributed by atoms with Crippen LogP contribution in [0.3, 0.4) is 0 Å². The predicted molar refractivity (Wildman–Crippen MR) is 99.9 cm³/mol. The highest BCUT2D eigenvalue weighted by Gasteiger charge is 2.36. The quantitative estimate of drug-likeness (QED) is 0.404. The van der Waals surface area contributed by atoms with E-state index in [1.54, 1.807) is 4.90 Å². The molecule has 0 bridgehead atoms. The molecule has 3 atom stereocenters. The van der Waals surface area contributed by atoms with Gasteiger partial charge < -0.3 is 25.2 Å². The Kier molecular flexibility index (Phi) is 8.61. The Morgan fingerprint density at radius 3 is 2.39 bits per heavy atom. The molecule has 0 saturated carbocycles. The molecule has 0 aromatic heterocycles. The van der Waals surface area contributed by atoms with Crippen molar-refractivity contribution in [3.63, 3.8) is 0 Å². The second kappa shape index (κ2) is 10.7. The lowest BCUT2D eigenvalue weighted by Crippen LogP contribution is -2.43. The molecule has 3 N–H and O–H groups in total. The maximum absolute atomic E-state index is 12.1. The van der Waals surface area contributed by atoms with Gasteiger partial charge in [-0.2, -0.15) is 0 Å². The molecule has 28 heavy (non-hydrogen) atoms. The number of esters is 2. The molecule has 2 rings (SSSR count). The second-order valence-corrected chi connectivity index (χ2v) is 7.33. The smallest absolute Gasteiger partial charge is 0.310 e. The fourth-order valence-corrected chi connectivity index (χ4v) is 3.82. The lowest BCUT2D eigenvalue weighted by molar-refractivity contribution is -0.145. The summed E-state index contributed by atoms with van der Waals surface area (Å²) in [7, 11) is 2.68. The molecule has 0 aromatic rings. The summed E-state index contributed by atoms with van der Waals surface area (Å²) in [5.74, 6) is -1.39. The van der Waals surface area contributed by atoms with Crippen molar-refractivity contribution in [2.24, 2.45) is 17.6 Å². The Morgan fingerprint density at radius 1 is 1.11 bits per heavy atom. The van der Waals surface area contributed by atoms with Gasteiger partial charge in [0.05, 0.1) is 26.1 Å². The first-order valence-electron chi connectivity index (χ1n) is 9.67. The molecule has 3 unspecified atom stereocenters. The number of methoxy groups -OCH3 is 2. The van der Waals surface area contributed by atoms with Gasteiger partial charge in [-0.05, 0) is 0 Å². The van der Waals surface area contributed by atoms with Crippen molar-refractivity contribution in [2.45, 2.75) is 19.1 Å².